The fourth-order valence-electron chi connectivity index (χ4n) is 1.96. The van der Waals surface area contributed by atoms with Crippen LogP contribution in [0, 0.1) is 0 Å². The zero-order valence-corrected chi connectivity index (χ0v) is 10.7. The number of hydrogen-bond donors (Lipinski definition) is 1. The normalized spacial score (nSPS) is 10.2. The lowest BCUT2D eigenvalue weighted by atomic mass is 10.0. The molecule has 0 radical (unpaired) electrons. The van der Waals surface area contributed by atoms with Crippen LogP contribution in [0.15, 0.2) is 18.2 Å². The van der Waals surface area contributed by atoms with Crippen molar-refractivity contribution in [3.05, 3.63) is 29.3 Å². The maximum absolute atomic E-state index is 11.3. The fraction of sp³-hybridized carbons (Fsp3) is 0.500. The Kier molecular flexibility index (Phi) is 5.53. The van der Waals surface area contributed by atoms with Gasteiger partial charge in [0.15, 0.2) is 0 Å². The van der Waals surface area contributed by atoms with Crippen molar-refractivity contribution in [2.75, 3.05) is 7.11 Å². The Morgan fingerprint density at radius 2 is 2.06 bits per heavy atom. The van der Waals surface area contributed by atoms with Gasteiger partial charge in [-0.1, -0.05) is 38.3 Å². The number of carbonyl (C=O) groups is 1. The van der Waals surface area contributed by atoms with E-state index in [2.05, 4.69) is 6.92 Å². The van der Waals surface area contributed by atoms with Crippen LogP contribution in [0.25, 0.3) is 0 Å². The first-order valence-corrected chi connectivity index (χ1v) is 6.16. The van der Waals surface area contributed by atoms with Crippen LogP contribution in [0.1, 0.15) is 48.5 Å². The predicted molar refractivity (Wildman–Crippen MR) is 69.4 cm³/mol. The van der Waals surface area contributed by atoms with Crippen molar-refractivity contribution in [3.63, 3.8) is 0 Å². The molecule has 0 aromatic heterocycles. The quantitative estimate of drug-likeness (QED) is 0.739. The van der Waals surface area contributed by atoms with E-state index < -0.39 is 5.91 Å². The molecular weight excluding hydrogens is 214 g/mol. The first-order valence-electron chi connectivity index (χ1n) is 6.16. The van der Waals surface area contributed by atoms with E-state index in [1.807, 2.05) is 12.1 Å². The average Bonchev–Trinajstić information content (AvgIpc) is 2.34. The lowest BCUT2D eigenvalue weighted by Crippen LogP contribution is -2.13. The van der Waals surface area contributed by atoms with Crippen LogP contribution >= 0.6 is 0 Å². The van der Waals surface area contributed by atoms with Gasteiger partial charge in [0.2, 0.25) is 0 Å². The molecule has 0 heterocycles. The van der Waals surface area contributed by atoms with Crippen LogP contribution in [0.3, 0.4) is 0 Å². The molecule has 0 saturated heterocycles. The summed E-state index contributed by atoms with van der Waals surface area (Å²) in [6.45, 7) is 2.19. The van der Waals surface area contributed by atoms with Gasteiger partial charge in [0.25, 0.3) is 5.91 Å². The molecule has 1 amide bonds. The van der Waals surface area contributed by atoms with Gasteiger partial charge in [0.05, 0.1) is 12.7 Å². The van der Waals surface area contributed by atoms with Crippen LogP contribution in [0.5, 0.6) is 5.75 Å². The second-order valence-electron chi connectivity index (χ2n) is 4.17. The molecule has 0 saturated carbocycles. The summed E-state index contributed by atoms with van der Waals surface area (Å²) >= 11 is 0. The molecule has 1 aromatic carbocycles. The second-order valence-corrected chi connectivity index (χ2v) is 4.17. The summed E-state index contributed by atoms with van der Waals surface area (Å²) in [5.41, 5.74) is 6.86. The predicted octanol–water partition coefficient (Wildman–Crippen LogP) is 2.92. The van der Waals surface area contributed by atoms with Gasteiger partial charge in [0.1, 0.15) is 5.75 Å². The van der Waals surface area contributed by atoms with Crippen LogP contribution in [0.4, 0.5) is 0 Å². The van der Waals surface area contributed by atoms with Gasteiger partial charge in [-0.3, -0.25) is 4.79 Å². The van der Waals surface area contributed by atoms with Gasteiger partial charge in [-0.05, 0) is 24.5 Å². The van der Waals surface area contributed by atoms with E-state index in [0.717, 1.165) is 18.4 Å². The van der Waals surface area contributed by atoms with Crippen LogP contribution in [0.2, 0.25) is 0 Å². The largest absolute Gasteiger partial charge is 0.496 e. The number of ether oxygens (including phenoxy) is 1. The maximum Gasteiger partial charge on any atom is 0.252 e. The van der Waals surface area contributed by atoms with Gasteiger partial charge >= 0.3 is 0 Å². The summed E-state index contributed by atoms with van der Waals surface area (Å²) in [6, 6.07) is 5.56. The topological polar surface area (TPSA) is 52.3 Å². The number of carbonyl (C=O) groups excluding carboxylic acids is 1. The van der Waals surface area contributed by atoms with Gasteiger partial charge in [-0.15, -0.1) is 0 Å². The minimum Gasteiger partial charge on any atom is -0.496 e. The second kappa shape index (κ2) is 6.94. The molecular formula is C14H21NO2. The summed E-state index contributed by atoms with van der Waals surface area (Å²) < 4.78 is 5.29. The zero-order chi connectivity index (χ0) is 12.7. The van der Waals surface area contributed by atoms with Gasteiger partial charge in [-0.25, -0.2) is 0 Å². The number of methoxy groups -OCH3 is 1. The van der Waals surface area contributed by atoms with Gasteiger partial charge < -0.3 is 10.5 Å². The average molecular weight is 235 g/mol. The van der Waals surface area contributed by atoms with E-state index in [9.17, 15) is 4.79 Å². The fourth-order valence-corrected chi connectivity index (χ4v) is 1.96. The number of aryl methyl sites for hydroxylation is 1. The zero-order valence-electron chi connectivity index (χ0n) is 10.7. The minimum atomic E-state index is -0.433. The molecule has 0 atom stereocenters. The SMILES string of the molecule is CCCCCCc1cccc(C(N)=O)c1OC. The Labute approximate surface area is 103 Å². The molecule has 94 valence electrons. The molecule has 0 spiro atoms. The number of primary amides is 1. The Morgan fingerprint density at radius 3 is 2.65 bits per heavy atom. The molecule has 0 fully saturated rings. The summed E-state index contributed by atoms with van der Waals surface area (Å²) in [5, 5.41) is 0. The smallest absolute Gasteiger partial charge is 0.252 e. The Bertz CT molecular complexity index is 374. The Balaban J connectivity index is 2.77. The van der Waals surface area contributed by atoms with Crippen LogP contribution in [-0.4, -0.2) is 13.0 Å². The molecule has 0 bridgehead atoms. The molecule has 3 heteroatoms. The monoisotopic (exact) mass is 235 g/mol. The lowest BCUT2D eigenvalue weighted by Gasteiger charge is -2.11. The van der Waals surface area contributed by atoms with E-state index in [1.165, 1.54) is 19.3 Å². The Morgan fingerprint density at radius 1 is 1.29 bits per heavy atom. The Hall–Kier alpha value is -1.51. The molecule has 0 aliphatic carbocycles. The van der Waals surface area contributed by atoms with Gasteiger partial charge in [0, 0.05) is 0 Å². The minimum absolute atomic E-state index is 0.433. The molecule has 3 nitrogen and oxygen atoms in total. The highest BCUT2D eigenvalue weighted by Crippen LogP contribution is 2.25. The molecule has 2 N–H and O–H groups in total. The highest BCUT2D eigenvalue weighted by Gasteiger charge is 2.12. The molecule has 17 heavy (non-hydrogen) atoms. The first-order chi connectivity index (χ1) is 8.20. The van der Waals surface area contributed by atoms with Crippen molar-refractivity contribution in [3.8, 4) is 5.75 Å². The van der Waals surface area contributed by atoms with Crippen molar-refractivity contribution in [2.45, 2.75) is 39.0 Å². The number of hydrogen-bond acceptors (Lipinski definition) is 2. The van der Waals surface area contributed by atoms with E-state index in [4.69, 9.17) is 10.5 Å². The summed E-state index contributed by atoms with van der Waals surface area (Å²) in [4.78, 5) is 11.3. The molecule has 0 aliphatic heterocycles. The third kappa shape index (κ3) is 3.77. The van der Waals surface area contributed by atoms with Crippen molar-refractivity contribution >= 4 is 5.91 Å². The standard InChI is InChI=1S/C14H21NO2/c1-3-4-5-6-8-11-9-7-10-12(14(15)16)13(11)17-2/h7,9-10H,3-6,8H2,1-2H3,(H2,15,16). The first kappa shape index (κ1) is 13.6. The highest BCUT2D eigenvalue weighted by molar-refractivity contribution is 5.96. The number of unbranched alkanes of at least 4 members (excludes halogenated alkanes) is 3. The molecule has 0 unspecified atom stereocenters. The van der Waals surface area contributed by atoms with Crippen molar-refractivity contribution in [1.82, 2.24) is 0 Å². The van der Waals surface area contributed by atoms with Crippen molar-refractivity contribution in [1.29, 1.82) is 0 Å². The molecule has 1 rings (SSSR count). The van der Waals surface area contributed by atoms with Gasteiger partial charge in [-0.2, -0.15) is 0 Å². The van der Waals surface area contributed by atoms with E-state index >= 15 is 0 Å². The third-order valence-corrected chi connectivity index (χ3v) is 2.87. The van der Waals surface area contributed by atoms with Crippen molar-refractivity contribution < 1.29 is 9.53 Å². The number of para-hydroxylation sites is 1. The van der Waals surface area contributed by atoms with E-state index in [0.29, 0.717) is 11.3 Å². The number of amides is 1. The molecule has 0 aliphatic rings. The summed E-state index contributed by atoms with van der Waals surface area (Å²) in [7, 11) is 1.58. The lowest BCUT2D eigenvalue weighted by molar-refractivity contribution is 0.0997. The molecule has 1 aromatic rings. The number of benzene rings is 1. The van der Waals surface area contributed by atoms with E-state index in [1.54, 1.807) is 13.2 Å². The number of nitrogens with two attached hydrogens (primary N) is 1. The number of rotatable bonds is 7. The van der Waals surface area contributed by atoms with E-state index in [-0.39, 0.29) is 0 Å². The highest BCUT2D eigenvalue weighted by atomic mass is 16.5. The third-order valence-electron chi connectivity index (χ3n) is 2.87. The van der Waals surface area contributed by atoms with Crippen molar-refractivity contribution in [2.24, 2.45) is 5.73 Å². The summed E-state index contributed by atoms with van der Waals surface area (Å²) in [6.07, 6.45) is 5.73. The maximum atomic E-state index is 11.3. The van der Waals surface area contributed by atoms with Crippen LogP contribution in [-0.2, 0) is 6.42 Å². The summed E-state index contributed by atoms with van der Waals surface area (Å²) in [5.74, 6) is 0.203. The van der Waals surface area contributed by atoms with Crippen LogP contribution < -0.4 is 10.5 Å².